The lowest BCUT2D eigenvalue weighted by Gasteiger charge is -2.28. The van der Waals surface area contributed by atoms with E-state index in [0.717, 1.165) is 12.8 Å². The number of methoxy groups -OCH3 is 1. The number of hydrogen-bond donors (Lipinski definition) is 4. The van der Waals surface area contributed by atoms with Gasteiger partial charge in [0.2, 0.25) is 0 Å². The molecule has 6 atom stereocenters. The minimum absolute atomic E-state index is 0.210. The number of ether oxygens (including phenoxy) is 3. The number of aromatic nitrogens is 3. The lowest BCUT2D eigenvalue weighted by molar-refractivity contribution is -0.101. The van der Waals surface area contributed by atoms with Gasteiger partial charge in [0.15, 0.2) is 5.82 Å². The van der Waals surface area contributed by atoms with Gasteiger partial charge in [0, 0.05) is 13.7 Å². The smallest absolute Gasteiger partial charge is 0.387 e. The fourth-order valence-electron chi connectivity index (χ4n) is 6.08. The topological polar surface area (TPSA) is 180 Å². The van der Waals surface area contributed by atoms with Crippen molar-refractivity contribution in [3.8, 4) is 0 Å². The molecule has 0 aromatic carbocycles. The minimum Gasteiger partial charge on any atom is -0.387 e. The van der Waals surface area contributed by atoms with E-state index >= 15 is 0 Å². The maximum atomic E-state index is 12.7. The van der Waals surface area contributed by atoms with Crippen LogP contribution in [0.1, 0.15) is 128 Å². The highest BCUT2D eigenvalue weighted by Crippen LogP contribution is 2.47. The second-order valence-electron chi connectivity index (χ2n) is 13.3. The van der Waals surface area contributed by atoms with Gasteiger partial charge in [-0.2, -0.15) is 5.10 Å². The standard InChI is InChI=1S/C34H61N4O9P/c1-4-5-6-7-8-9-10-11-12-13-14-15-16-17-18-19-22-44-23-27(43-3)24-45-48(41,42)46-25-34(2)32(40)30(39)31(47-34)28-20-21-29-33(35)36-26-37-38(28)29/h20-21,26-27,30-32,39-40H,4-19,22-25H2,1-3H3,(H,41,42)(H2,35,36,37)/t27-,30+,31+,32+,34-/m1/s1. The van der Waals surface area contributed by atoms with Crippen molar-refractivity contribution in [2.45, 2.75) is 147 Å². The zero-order chi connectivity index (χ0) is 34.8. The summed E-state index contributed by atoms with van der Waals surface area (Å²) < 4.78 is 41.5. The van der Waals surface area contributed by atoms with E-state index < -0.39 is 44.4 Å². The van der Waals surface area contributed by atoms with Gasteiger partial charge in [0.05, 0.1) is 25.5 Å². The van der Waals surface area contributed by atoms with Crippen molar-refractivity contribution in [3.63, 3.8) is 0 Å². The maximum Gasteiger partial charge on any atom is 0.472 e. The van der Waals surface area contributed by atoms with E-state index in [1.54, 1.807) is 12.1 Å². The molecule has 0 aliphatic carbocycles. The highest BCUT2D eigenvalue weighted by atomic mass is 31.2. The fraction of sp³-hybridized carbons (Fsp3) is 0.824. The molecule has 276 valence electrons. The first kappa shape index (κ1) is 40.8. The number of hydrogen-bond acceptors (Lipinski definition) is 11. The second kappa shape index (κ2) is 21.5. The Morgan fingerprint density at radius 2 is 1.52 bits per heavy atom. The summed E-state index contributed by atoms with van der Waals surface area (Å²) in [5, 5.41) is 25.7. The van der Waals surface area contributed by atoms with Gasteiger partial charge in [-0.25, -0.2) is 14.1 Å². The first-order chi connectivity index (χ1) is 23.1. The summed E-state index contributed by atoms with van der Waals surface area (Å²) in [7, 11) is -3.08. The van der Waals surface area contributed by atoms with E-state index in [2.05, 4.69) is 17.0 Å². The van der Waals surface area contributed by atoms with Crippen LogP contribution in [-0.4, -0.2) is 87.2 Å². The molecule has 0 bridgehead atoms. The SMILES string of the molecule is CCCCCCCCCCCCCCCCCCOC[C@H](COP(=O)(O)OC[C@@]1(C)O[C@@H](c2ccc3c(N)ncnn23)[C@H](O)[C@@H]1O)OC. The molecule has 1 aliphatic heterocycles. The first-order valence-corrected chi connectivity index (χ1v) is 19.5. The average molecular weight is 701 g/mol. The third-order valence-corrected chi connectivity index (χ3v) is 10.1. The summed E-state index contributed by atoms with van der Waals surface area (Å²) in [5.74, 6) is 0.244. The number of anilines is 1. The Bertz CT molecular complexity index is 1220. The molecule has 2 aromatic heterocycles. The van der Waals surface area contributed by atoms with Crippen LogP contribution in [0.5, 0.6) is 0 Å². The van der Waals surface area contributed by atoms with Crippen LogP contribution < -0.4 is 5.73 Å². The van der Waals surface area contributed by atoms with Gasteiger partial charge in [0.25, 0.3) is 0 Å². The van der Waals surface area contributed by atoms with Crippen LogP contribution in [-0.2, 0) is 27.8 Å². The first-order valence-electron chi connectivity index (χ1n) is 18.0. The third kappa shape index (κ3) is 13.2. The number of aliphatic hydroxyl groups excluding tert-OH is 2. The largest absolute Gasteiger partial charge is 0.472 e. The summed E-state index contributed by atoms with van der Waals surface area (Å²) in [6.07, 6.45) is 17.8. The quantitative estimate of drug-likeness (QED) is 0.0605. The van der Waals surface area contributed by atoms with Gasteiger partial charge >= 0.3 is 7.82 Å². The van der Waals surface area contributed by atoms with Gasteiger partial charge in [-0.1, -0.05) is 103 Å². The highest BCUT2D eigenvalue weighted by Gasteiger charge is 2.53. The molecule has 2 aromatic rings. The molecule has 1 aliphatic rings. The molecule has 3 rings (SSSR count). The molecule has 3 heterocycles. The van der Waals surface area contributed by atoms with Crippen LogP contribution in [0, 0.1) is 0 Å². The molecular formula is C34H61N4O9P. The van der Waals surface area contributed by atoms with Crippen molar-refractivity contribution in [2.24, 2.45) is 0 Å². The van der Waals surface area contributed by atoms with Crippen molar-refractivity contribution < 1.29 is 42.9 Å². The van der Waals surface area contributed by atoms with E-state index in [0.29, 0.717) is 17.8 Å². The molecule has 1 unspecified atom stereocenters. The third-order valence-electron chi connectivity index (χ3n) is 9.18. The van der Waals surface area contributed by atoms with E-state index in [1.165, 1.54) is 115 Å². The van der Waals surface area contributed by atoms with Crippen LogP contribution >= 0.6 is 7.82 Å². The number of fused-ring (bicyclic) bond motifs is 1. The van der Waals surface area contributed by atoms with Gasteiger partial charge < -0.3 is 35.1 Å². The van der Waals surface area contributed by atoms with Crippen molar-refractivity contribution in [1.82, 2.24) is 14.6 Å². The van der Waals surface area contributed by atoms with Crippen molar-refractivity contribution in [1.29, 1.82) is 0 Å². The monoisotopic (exact) mass is 700 g/mol. The molecule has 14 heteroatoms. The number of phosphoric ester groups is 1. The zero-order valence-electron chi connectivity index (χ0n) is 29.3. The molecule has 5 N–H and O–H groups in total. The summed E-state index contributed by atoms with van der Waals surface area (Å²) in [6.45, 7) is 3.78. The predicted octanol–water partition coefficient (Wildman–Crippen LogP) is 6.29. The Labute approximate surface area is 286 Å². The van der Waals surface area contributed by atoms with Crippen LogP contribution in [0.15, 0.2) is 18.5 Å². The number of rotatable bonds is 27. The Hall–Kier alpha value is -1.67. The fourth-order valence-corrected chi connectivity index (χ4v) is 6.92. The molecule has 1 saturated heterocycles. The predicted molar refractivity (Wildman–Crippen MR) is 185 cm³/mol. The lowest BCUT2D eigenvalue weighted by Crippen LogP contribution is -2.44. The zero-order valence-corrected chi connectivity index (χ0v) is 30.2. The molecule has 13 nitrogen and oxygen atoms in total. The van der Waals surface area contributed by atoms with Gasteiger partial charge in [-0.15, -0.1) is 0 Å². The number of nitrogen functional groups attached to an aromatic ring is 1. The van der Waals surface area contributed by atoms with Crippen LogP contribution in [0.4, 0.5) is 5.82 Å². The van der Waals surface area contributed by atoms with Crippen molar-refractivity contribution >= 4 is 19.2 Å². The summed E-state index contributed by atoms with van der Waals surface area (Å²) in [5.41, 5.74) is 5.32. The number of aliphatic hydroxyl groups is 2. The summed E-state index contributed by atoms with van der Waals surface area (Å²) in [6, 6.07) is 3.33. The van der Waals surface area contributed by atoms with E-state index in [4.69, 9.17) is 29.0 Å². The van der Waals surface area contributed by atoms with Crippen LogP contribution in [0.2, 0.25) is 0 Å². The highest BCUT2D eigenvalue weighted by molar-refractivity contribution is 7.47. The molecule has 0 amide bonds. The van der Waals surface area contributed by atoms with Gasteiger partial charge in [0.1, 0.15) is 41.9 Å². The van der Waals surface area contributed by atoms with E-state index in [-0.39, 0.29) is 19.0 Å². The Kier molecular flexibility index (Phi) is 18.3. The minimum atomic E-state index is -4.56. The van der Waals surface area contributed by atoms with E-state index in [1.807, 2.05) is 0 Å². The lowest BCUT2D eigenvalue weighted by atomic mass is 9.97. The average Bonchev–Trinajstić information content (AvgIpc) is 3.60. The number of unbranched alkanes of at least 4 members (excludes halogenated alkanes) is 15. The van der Waals surface area contributed by atoms with E-state index in [9.17, 15) is 19.7 Å². The molecule has 0 saturated carbocycles. The second-order valence-corrected chi connectivity index (χ2v) is 14.7. The molecule has 48 heavy (non-hydrogen) atoms. The Balaban J connectivity index is 1.23. The van der Waals surface area contributed by atoms with Gasteiger partial charge in [-0.05, 0) is 25.5 Å². The number of nitrogens with zero attached hydrogens (tertiary/aromatic N) is 3. The maximum absolute atomic E-state index is 12.7. The van der Waals surface area contributed by atoms with Crippen molar-refractivity contribution in [3.05, 3.63) is 24.2 Å². The summed E-state index contributed by atoms with van der Waals surface area (Å²) in [4.78, 5) is 14.3. The number of phosphoric acid groups is 1. The molecule has 1 fully saturated rings. The van der Waals surface area contributed by atoms with Crippen LogP contribution in [0.25, 0.3) is 5.52 Å². The van der Waals surface area contributed by atoms with Gasteiger partial charge in [-0.3, -0.25) is 9.05 Å². The normalized spacial score (nSPS) is 23.2. The molecule has 0 radical (unpaired) electrons. The molecule has 0 spiro atoms. The summed E-state index contributed by atoms with van der Waals surface area (Å²) >= 11 is 0. The molecular weight excluding hydrogens is 639 g/mol. The Morgan fingerprint density at radius 3 is 2.10 bits per heavy atom. The van der Waals surface area contributed by atoms with Crippen molar-refractivity contribution in [2.75, 3.05) is 39.3 Å². The van der Waals surface area contributed by atoms with Crippen LogP contribution in [0.3, 0.4) is 0 Å². The Morgan fingerprint density at radius 1 is 0.938 bits per heavy atom. The number of nitrogens with two attached hydrogens (primary N) is 1.